The van der Waals surface area contributed by atoms with Gasteiger partial charge in [0.25, 0.3) is 0 Å². The Morgan fingerprint density at radius 3 is 2.68 bits per heavy atom. The predicted octanol–water partition coefficient (Wildman–Crippen LogP) is 1.96. The van der Waals surface area contributed by atoms with Gasteiger partial charge >= 0.3 is 0 Å². The number of rotatable bonds is 2. The molecular formula is C15H22N2O2. The fraction of sp³-hybridized carbons (Fsp3) is 0.533. The van der Waals surface area contributed by atoms with Crippen LogP contribution in [0.25, 0.3) is 0 Å². The maximum atomic E-state index is 12.5. The van der Waals surface area contributed by atoms with Gasteiger partial charge < -0.3 is 15.4 Å². The molecule has 0 fully saturated rings. The molecule has 0 bridgehead atoms. The Hall–Kier alpha value is -1.55. The van der Waals surface area contributed by atoms with E-state index in [1.54, 1.807) is 12.0 Å². The van der Waals surface area contributed by atoms with Crippen molar-refractivity contribution >= 4 is 11.6 Å². The molecule has 19 heavy (non-hydrogen) atoms. The number of hydrogen-bond donors (Lipinski definition) is 1. The first kappa shape index (κ1) is 13.9. The van der Waals surface area contributed by atoms with Crippen LogP contribution in [0, 0.1) is 5.41 Å². The van der Waals surface area contributed by atoms with Crippen LogP contribution in [0.15, 0.2) is 18.2 Å². The van der Waals surface area contributed by atoms with Crippen molar-refractivity contribution in [3.63, 3.8) is 0 Å². The quantitative estimate of drug-likeness (QED) is 0.886. The summed E-state index contributed by atoms with van der Waals surface area (Å²) in [5.41, 5.74) is 7.95. The van der Waals surface area contributed by atoms with Gasteiger partial charge in [-0.2, -0.15) is 0 Å². The van der Waals surface area contributed by atoms with E-state index < -0.39 is 6.04 Å². The van der Waals surface area contributed by atoms with E-state index in [-0.39, 0.29) is 11.3 Å². The van der Waals surface area contributed by atoms with E-state index in [1.807, 2.05) is 39.0 Å². The van der Waals surface area contributed by atoms with E-state index in [0.29, 0.717) is 6.54 Å². The van der Waals surface area contributed by atoms with Gasteiger partial charge in [-0.05, 0) is 35.6 Å². The fourth-order valence-electron chi connectivity index (χ4n) is 2.27. The summed E-state index contributed by atoms with van der Waals surface area (Å²) in [7, 11) is 1.65. The molecule has 0 unspecified atom stereocenters. The van der Waals surface area contributed by atoms with E-state index in [9.17, 15) is 4.79 Å². The summed E-state index contributed by atoms with van der Waals surface area (Å²) in [6.07, 6.45) is 0.856. The maximum Gasteiger partial charge on any atom is 0.244 e. The Morgan fingerprint density at radius 1 is 1.42 bits per heavy atom. The lowest BCUT2D eigenvalue weighted by Gasteiger charge is -2.30. The third-order valence-corrected chi connectivity index (χ3v) is 3.65. The van der Waals surface area contributed by atoms with Crippen LogP contribution in [0.4, 0.5) is 5.69 Å². The number of amides is 1. The van der Waals surface area contributed by atoms with Gasteiger partial charge in [0.1, 0.15) is 5.75 Å². The highest BCUT2D eigenvalue weighted by atomic mass is 16.5. The third kappa shape index (κ3) is 2.59. The van der Waals surface area contributed by atoms with E-state index in [4.69, 9.17) is 10.5 Å². The standard InChI is InChI=1S/C15H22N2O2/c1-15(2,3)13(16)14(18)17-8-7-10-9-11(19-4)5-6-12(10)17/h5-6,9,13H,7-8,16H2,1-4H3/t13-/m1/s1. The molecule has 1 amide bonds. The molecule has 1 aliphatic heterocycles. The van der Waals surface area contributed by atoms with Gasteiger partial charge in [-0.1, -0.05) is 20.8 Å². The molecule has 1 aliphatic rings. The molecule has 4 heteroatoms. The molecule has 0 saturated heterocycles. The fourth-order valence-corrected chi connectivity index (χ4v) is 2.27. The van der Waals surface area contributed by atoms with E-state index in [2.05, 4.69) is 0 Å². The average molecular weight is 262 g/mol. The molecule has 1 heterocycles. The number of methoxy groups -OCH3 is 1. The SMILES string of the molecule is COc1ccc2c(c1)CCN2C(=O)[C@@H](N)C(C)(C)C. The lowest BCUT2D eigenvalue weighted by Crippen LogP contribution is -2.50. The molecule has 1 aromatic carbocycles. The molecule has 2 N–H and O–H groups in total. The van der Waals surface area contributed by atoms with Crippen molar-refractivity contribution in [2.45, 2.75) is 33.2 Å². The lowest BCUT2D eigenvalue weighted by molar-refractivity contribution is -0.121. The van der Waals surface area contributed by atoms with Crippen molar-refractivity contribution in [3.05, 3.63) is 23.8 Å². The second kappa shape index (κ2) is 4.85. The number of carbonyl (C=O) groups excluding carboxylic acids is 1. The van der Waals surface area contributed by atoms with Gasteiger partial charge in [0.2, 0.25) is 5.91 Å². The van der Waals surface area contributed by atoms with Gasteiger partial charge in [0, 0.05) is 12.2 Å². The summed E-state index contributed by atoms with van der Waals surface area (Å²) < 4.78 is 5.21. The minimum absolute atomic E-state index is 0.00332. The Bertz CT molecular complexity index is 491. The molecule has 104 valence electrons. The van der Waals surface area contributed by atoms with E-state index >= 15 is 0 Å². The average Bonchev–Trinajstić information content (AvgIpc) is 2.78. The zero-order valence-electron chi connectivity index (χ0n) is 12.1. The van der Waals surface area contributed by atoms with Gasteiger partial charge in [-0.15, -0.1) is 0 Å². The van der Waals surface area contributed by atoms with Crippen molar-refractivity contribution in [2.75, 3.05) is 18.6 Å². The van der Waals surface area contributed by atoms with Crippen LogP contribution in [-0.4, -0.2) is 25.6 Å². The van der Waals surface area contributed by atoms with Crippen LogP contribution < -0.4 is 15.4 Å². The van der Waals surface area contributed by atoms with Crippen LogP contribution in [-0.2, 0) is 11.2 Å². The predicted molar refractivity (Wildman–Crippen MR) is 76.5 cm³/mol. The summed E-state index contributed by atoms with van der Waals surface area (Å²) >= 11 is 0. The van der Waals surface area contributed by atoms with E-state index in [0.717, 1.165) is 23.4 Å². The molecular weight excluding hydrogens is 240 g/mol. The second-order valence-corrected chi connectivity index (χ2v) is 6.08. The first-order valence-corrected chi connectivity index (χ1v) is 6.58. The zero-order chi connectivity index (χ0) is 14.2. The Kier molecular flexibility index (Phi) is 3.54. The number of benzene rings is 1. The number of anilines is 1. The Morgan fingerprint density at radius 2 is 2.11 bits per heavy atom. The largest absolute Gasteiger partial charge is 0.497 e. The van der Waals surface area contributed by atoms with Crippen LogP contribution in [0.5, 0.6) is 5.75 Å². The normalized spacial score (nSPS) is 16.2. The van der Waals surface area contributed by atoms with Crippen LogP contribution in [0.1, 0.15) is 26.3 Å². The summed E-state index contributed by atoms with van der Waals surface area (Å²) in [6.45, 7) is 6.66. The highest BCUT2D eigenvalue weighted by Gasteiger charge is 2.34. The number of fused-ring (bicyclic) bond motifs is 1. The summed E-state index contributed by atoms with van der Waals surface area (Å²) in [4.78, 5) is 14.3. The minimum Gasteiger partial charge on any atom is -0.497 e. The second-order valence-electron chi connectivity index (χ2n) is 6.08. The molecule has 2 rings (SSSR count). The molecule has 0 aliphatic carbocycles. The Labute approximate surface area is 114 Å². The Balaban J connectivity index is 2.25. The molecule has 0 radical (unpaired) electrons. The number of carbonyl (C=O) groups is 1. The molecule has 0 saturated carbocycles. The van der Waals surface area contributed by atoms with Crippen molar-refractivity contribution in [1.82, 2.24) is 0 Å². The van der Waals surface area contributed by atoms with Crippen LogP contribution in [0.2, 0.25) is 0 Å². The van der Waals surface area contributed by atoms with Gasteiger partial charge in [-0.3, -0.25) is 4.79 Å². The summed E-state index contributed by atoms with van der Waals surface area (Å²) in [5, 5.41) is 0. The highest BCUT2D eigenvalue weighted by Crippen LogP contribution is 2.32. The number of hydrogen-bond acceptors (Lipinski definition) is 3. The first-order valence-electron chi connectivity index (χ1n) is 6.58. The van der Waals surface area contributed by atoms with Crippen LogP contribution in [0.3, 0.4) is 0 Å². The van der Waals surface area contributed by atoms with Crippen molar-refractivity contribution in [1.29, 1.82) is 0 Å². The molecule has 0 spiro atoms. The molecule has 0 aromatic heterocycles. The van der Waals surface area contributed by atoms with Crippen molar-refractivity contribution in [3.8, 4) is 5.75 Å². The van der Waals surface area contributed by atoms with Crippen molar-refractivity contribution < 1.29 is 9.53 Å². The van der Waals surface area contributed by atoms with E-state index in [1.165, 1.54) is 0 Å². The van der Waals surface area contributed by atoms with Gasteiger partial charge in [-0.25, -0.2) is 0 Å². The summed E-state index contributed by atoms with van der Waals surface area (Å²) in [5.74, 6) is 0.824. The maximum absolute atomic E-state index is 12.5. The minimum atomic E-state index is -0.486. The molecule has 1 atom stereocenters. The van der Waals surface area contributed by atoms with Crippen molar-refractivity contribution in [2.24, 2.45) is 11.1 Å². The zero-order valence-corrected chi connectivity index (χ0v) is 12.1. The number of nitrogens with zero attached hydrogens (tertiary/aromatic N) is 1. The topological polar surface area (TPSA) is 55.6 Å². The number of nitrogens with two attached hydrogens (primary N) is 1. The monoisotopic (exact) mass is 262 g/mol. The van der Waals surface area contributed by atoms with Crippen LogP contribution >= 0.6 is 0 Å². The molecule has 4 nitrogen and oxygen atoms in total. The molecule has 1 aromatic rings. The summed E-state index contributed by atoms with van der Waals surface area (Å²) in [6, 6.07) is 5.33. The number of ether oxygens (including phenoxy) is 1. The highest BCUT2D eigenvalue weighted by molar-refractivity contribution is 5.99. The smallest absolute Gasteiger partial charge is 0.244 e. The van der Waals surface area contributed by atoms with Gasteiger partial charge in [0.05, 0.1) is 13.2 Å². The third-order valence-electron chi connectivity index (χ3n) is 3.65. The lowest BCUT2D eigenvalue weighted by atomic mass is 9.86. The first-order chi connectivity index (χ1) is 8.84. The van der Waals surface area contributed by atoms with Gasteiger partial charge in [0.15, 0.2) is 0 Å².